The van der Waals surface area contributed by atoms with Crippen molar-refractivity contribution in [3.8, 4) is 5.75 Å². The van der Waals surface area contributed by atoms with E-state index in [1.165, 1.54) is 6.92 Å². The Labute approximate surface area is 114 Å². The standard InChI is InChI=1S/C14H20O4S/c1-11(15)12-5-7-13(8-6-12)18-9-10-19(16,17)14(2,3)4/h5-8H,9-10H2,1-4H3. The van der Waals surface area contributed by atoms with E-state index in [0.29, 0.717) is 11.3 Å². The number of ether oxygens (including phenoxy) is 1. The summed E-state index contributed by atoms with van der Waals surface area (Å²) in [4.78, 5) is 11.1. The van der Waals surface area contributed by atoms with Crippen LogP contribution in [0.25, 0.3) is 0 Å². The highest BCUT2D eigenvalue weighted by atomic mass is 32.2. The smallest absolute Gasteiger partial charge is 0.159 e. The van der Waals surface area contributed by atoms with Crippen molar-refractivity contribution in [3.05, 3.63) is 29.8 Å². The Bertz CT molecular complexity index is 536. The summed E-state index contributed by atoms with van der Waals surface area (Å²) < 4.78 is 28.3. The maximum absolute atomic E-state index is 11.9. The average Bonchev–Trinajstić information content (AvgIpc) is 2.28. The lowest BCUT2D eigenvalue weighted by Gasteiger charge is -2.19. The molecule has 19 heavy (non-hydrogen) atoms. The fraction of sp³-hybridized carbons (Fsp3) is 0.500. The minimum Gasteiger partial charge on any atom is -0.493 e. The maximum atomic E-state index is 11.9. The molecule has 0 aromatic heterocycles. The Morgan fingerprint density at radius 2 is 1.68 bits per heavy atom. The molecule has 0 atom stereocenters. The molecule has 4 nitrogen and oxygen atoms in total. The number of hydrogen-bond donors (Lipinski definition) is 0. The normalized spacial score (nSPS) is 12.2. The minimum absolute atomic E-state index is 0.0122. The van der Waals surface area contributed by atoms with Crippen molar-refractivity contribution in [1.29, 1.82) is 0 Å². The van der Waals surface area contributed by atoms with Gasteiger partial charge in [-0.05, 0) is 52.0 Å². The van der Waals surface area contributed by atoms with Gasteiger partial charge in [0.25, 0.3) is 0 Å². The molecule has 1 aromatic rings. The minimum atomic E-state index is -3.17. The van der Waals surface area contributed by atoms with Crippen LogP contribution in [0.1, 0.15) is 38.1 Å². The van der Waals surface area contributed by atoms with E-state index >= 15 is 0 Å². The predicted octanol–water partition coefficient (Wildman–Crippen LogP) is 2.48. The molecule has 0 saturated carbocycles. The van der Waals surface area contributed by atoms with Crippen molar-refractivity contribution >= 4 is 15.6 Å². The second kappa shape index (κ2) is 5.74. The summed E-state index contributed by atoms with van der Waals surface area (Å²) in [7, 11) is -3.17. The summed E-state index contributed by atoms with van der Waals surface area (Å²) in [5, 5.41) is 0. The number of carbonyl (C=O) groups is 1. The summed E-state index contributed by atoms with van der Waals surface area (Å²) in [5.41, 5.74) is 0.606. The highest BCUT2D eigenvalue weighted by Crippen LogP contribution is 2.17. The molecule has 0 aliphatic heterocycles. The monoisotopic (exact) mass is 284 g/mol. The van der Waals surface area contributed by atoms with E-state index in [1.54, 1.807) is 45.0 Å². The van der Waals surface area contributed by atoms with E-state index in [1.807, 2.05) is 0 Å². The zero-order valence-electron chi connectivity index (χ0n) is 11.8. The third-order valence-electron chi connectivity index (χ3n) is 2.81. The van der Waals surface area contributed by atoms with E-state index in [9.17, 15) is 13.2 Å². The first-order valence-corrected chi connectivity index (χ1v) is 7.75. The lowest BCUT2D eigenvalue weighted by atomic mass is 10.1. The second-order valence-electron chi connectivity index (χ2n) is 5.36. The SMILES string of the molecule is CC(=O)c1ccc(OCCS(=O)(=O)C(C)(C)C)cc1. The highest BCUT2D eigenvalue weighted by Gasteiger charge is 2.28. The van der Waals surface area contributed by atoms with Gasteiger partial charge in [0.2, 0.25) is 0 Å². The lowest BCUT2D eigenvalue weighted by molar-refractivity contribution is 0.101. The molecule has 106 valence electrons. The van der Waals surface area contributed by atoms with Crippen LogP contribution in [0.15, 0.2) is 24.3 Å². The molecule has 0 radical (unpaired) electrons. The summed E-state index contributed by atoms with van der Waals surface area (Å²) in [6, 6.07) is 6.66. The molecule has 0 N–H and O–H groups in total. The van der Waals surface area contributed by atoms with Crippen LogP contribution < -0.4 is 4.74 Å². The highest BCUT2D eigenvalue weighted by molar-refractivity contribution is 7.92. The van der Waals surface area contributed by atoms with Crippen LogP contribution in [0.3, 0.4) is 0 Å². The van der Waals surface area contributed by atoms with Crippen molar-refractivity contribution < 1.29 is 17.9 Å². The fourth-order valence-electron chi connectivity index (χ4n) is 1.36. The van der Waals surface area contributed by atoms with E-state index in [0.717, 1.165) is 0 Å². The number of ketones is 1. The molecule has 0 aliphatic rings. The van der Waals surface area contributed by atoms with Crippen molar-refractivity contribution in [1.82, 2.24) is 0 Å². The molecule has 1 aromatic carbocycles. The molecule has 0 heterocycles. The molecule has 0 amide bonds. The molecular weight excluding hydrogens is 264 g/mol. The maximum Gasteiger partial charge on any atom is 0.159 e. The van der Waals surface area contributed by atoms with Gasteiger partial charge in [-0.1, -0.05) is 0 Å². The summed E-state index contributed by atoms with van der Waals surface area (Å²) in [6.07, 6.45) is 0. The van der Waals surface area contributed by atoms with Crippen molar-refractivity contribution in [3.63, 3.8) is 0 Å². The van der Waals surface area contributed by atoms with Gasteiger partial charge in [0, 0.05) is 5.56 Å². The van der Waals surface area contributed by atoms with Gasteiger partial charge in [0.05, 0.1) is 10.5 Å². The third kappa shape index (κ3) is 4.35. The Hall–Kier alpha value is -1.36. The molecule has 0 saturated heterocycles. The molecule has 1 rings (SSSR count). The van der Waals surface area contributed by atoms with E-state index in [2.05, 4.69) is 0 Å². The van der Waals surface area contributed by atoms with E-state index < -0.39 is 14.6 Å². The van der Waals surface area contributed by atoms with Gasteiger partial charge < -0.3 is 4.74 Å². The Balaban J connectivity index is 2.57. The predicted molar refractivity (Wildman–Crippen MR) is 75.5 cm³/mol. The molecule has 5 heteroatoms. The van der Waals surface area contributed by atoms with Gasteiger partial charge in [-0.2, -0.15) is 0 Å². The summed E-state index contributed by atoms with van der Waals surface area (Å²) >= 11 is 0. The molecule has 0 aliphatic carbocycles. The topological polar surface area (TPSA) is 60.4 Å². The number of hydrogen-bond acceptors (Lipinski definition) is 4. The third-order valence-corrected chi connectivity index (χ3v) is 5.38. The fourth-order valence-corrected chi connectivity index (χ4v) is 2.28. The first-order chi connectivity index (χ1) is 8.63. The number of rotatable bonds is 5. The average molecular weight is 284 g/mol. The Morgan fingerprint density at radius 3 is 2.11 bits per heavy atom. The quantitative estimate of drug-likeness (QED) is 0.779. The Kier molecular flexibility index (Phi) is 4.74. The van der Waals surface area contributed by atoms with Gasteiger partial charge in [0.15, 0.2) is 15.6 Å². The van der Waals surface area contributed by atoms with Crippen LogP contribution in [0.2, 0.25) is 0 Å². The van der Waals surface area contributed by atoms with Gasteiger partial charge in [0.1, 0.15) is 12.4 Å². The second-order valence-corrected chi connectivity index (χ2v) is 8.22. The number of sulfone groups is 1. The van der Waals surface area contributed by atoms with Gasteiger partial charge >= 0.3 is 0 Å². The number of benzene rings is 1. The van der Waals surface area contributed by atoms with Crippen molar-refractivity contribution in [2.75, 3.05) is 12.4 Å². The van der Waals surface area contributed by atoms with Gasteiger partial charge in [-0.25, -0.2) is 8.42 Å². The van der Waals surface area contributed by atoms with Crippen LogP contribution in [0.5, 0.6) is 5.75 Å². The van der Waals surface area contributed by atoms with Crippen LogP contribution in [-0.2, 0) is 9.84 Å². The van der Waals surface area contributed by atoms with E-state index in [-0.39, 0.29) is 18.1 Å². The van der Waals surface area contributed by atoms with E-state index in [4.69, 9.17) is 4.74 Å². The first kappa shape index (κ1) is 15.7. The summed E-state index contributed by atoms with van der Waals surface area (Å²) in [6.45, 7) is 6.61. The van der Waals surface area contributed by atoms with Crippen molar-refractivity contribution in [2.24, 2.45) is 0 Å². The van der Waals surface area contributed by atoms with Crippen LogP contribution in [0.4, 0.5) is 0 Å². The molecule has 0 unspecified atom stereocenters. The van der Waals surface area contributed by atoms with Crippen LogP contribution in [0, 0.1) is 0 Å². The molecule has 0 bridgehead atoms. The van der Waals surface area contributed by atoms with Crippen LogP contribution in [-0.4, -0.2) is 31.3 Å². The zero-order chi connectivity index (χ0) is 14.7. The Morgan fingerprint density at radius 1 is 1.16 bits per heavy atom. The molecular formula is C14H20O4S. The summed E-state index contributed by atoms with van der Waals surface area (Å²) in [5.74, 6) is 0.529. The van der Waals surface area contributed by atoms with Crippen molar-refractivity contribution in [2.45, 2.75) is 32.4 Å². The van der Waals surface area contributed by atoms with Crippen LogP contribution >= 0.6 is 0 Å². The first-order valence-electron chi connectivity index (χ1n) is 6.09. The number of Topliss-reactive ketones (excluding diaryl/α,β-unsaturated/α-hetero) is 1. The largest absolute Gasteiger partial charge is 0.493 e. The zero-order valence-corrected chi connectivity index (χ0v) is 12.6. The number of carbonyl (C=O) groups excluding carboxylic acids is 1. The molecule has 0 spiro atoms. The molecule has 0 fully saturated rings. The lowest BCUT2D eigenvalue weighted by Crippen LogP contribution is -2.32. The van der Waals surface area contributed by atoms with Gasteiger partial charge in [-0.3, -0.25) is 4.79 Å². The van der Waals surface area contributed by atoms with Gasteiger partial charge in [-0.15, -0.1) is 0 Å².